The Balaban J connectivity index is -0.000000163. The first-order valence-electron chi connectivity index (χ1n) is 2.13. The number of rotatable bonds is 0. The molecule has 1 rings (SSSR count). The first-order valence-corrected chi connectivity index (χ1v) is 2.13. The summed E-state index contributed by atoms with van der Waals surface area (Å²) in [6, 6.07) is 8.71. The SMILES string of the molecule is Cl.Oc1ccccc1.[Mn].[NaH]. The molecule has 0 aliphatic carbocycles. The van der Waals surface area contributed by atoms with E-state index in [9.17, 15) is 0 Å². The van der Waals surface area contributed by atoms with Gasteiger partial charge in [-0.1, -0.05) is 18.2 Å². The van der Waals surface area contributed by atoms with Crippen LogP contribution in [-0.4, -0.2) is 34.7 Å². The molecule has 53 valence electrons. The van der Waals surface area contributed by atoms with Crippen LogP contribution in [0.25, 0.3) is 0 Å². The fourth-order valence-corrected chi connectivity index (χ4v) is 0.428. The van der Waals surface area contributed by atoms with Crippen LogP contribution in [0, 0.1) is 0 Å². The Morgan fingerprint density at radius 1 is 1.00 bits per heavy atom. The Kier molecular flexibility index (Phi) is 16.8. The molecule has 4 heteroatoms. The van der Waals surface area contributed by atoms with Gasteiger partial charge in [0, 0.05) is 17.1 Å². The fraction of sp³-hybridized carbons (Fsp3) is 0. The molecule has 1 radical (unpaired) electrons. The molecule has 0 aliphatic rings. The van der Waals surface area contributed by atoms with Crippen LogP contribution in [0.5, 0.6) is 5.75 Å². The summed E-state index contributed by atoms with van der Waals surface area (Å²) in [5.41, 5.74) is 0. The molecular weight excluding hydrogens is 201 g/mol. The number of halogens is 1. The minimum atomic E-state index is 0. The summed E-state index contributed by atoms with van der Waals surface area (Å²) in [6.07, 6.45) is 0. The molecule has 0 bridgehead atoms. The molecule has 0 spiro atoms. The number of phenols is 1. The van der Waals surface area contributed by atoms with E-state index in [0.717, 1.165) is 0 Å². The summed E-state index contributed by atoms with van der Waals surface area (Å²) in [5.74, 6) is 0.322. The number of hydrogen-bond donors (Lipinski definition) is 1. The maximum atomic E-state index is 8.63. The molecule has 0 fully saturated rings. The molecule has 0 aromatic heterocycles. The maximum absolute atomic E-state index is 8.63. The van der Waals surface area contributed by atoms with Gasteiger partial charge in [-0.05, 0) is 12.1 Å². The van der Waals surface area contributed by atoms with E-state index in [0.29, 0.717) is 5.75 Å². The van der Waals surface area contributed by atoms with Crippen molar-refractivity contribution >= 4 is 42.0 Å². The van der Waals surface area contributed by atoms with E-state index in [-0.39, 0.29) is 59.0 Å². The molecular formula is C6H8ClMnNaO. The Bertz CT molecular complexity index is 148. The second-order valence-electron chi connectivity index (χ2n) is 1.34. The van der Waals surface area contributed by atoms with Gasteiger partial charge in [0.05, 0.1) is 0 Å². The monoisotopic (exact) mass is 209 g/mol. The molecule has 0 amide bonds. The Morgan fingerprint density at radius 3 is 1.60 bits per heavy atom. The van der Waals surface area contributed by atoms with Gasteiger partial charge in [0.2, 0.25) is 0 Å². The van der Waals surface area contributed by atoms with Crippen LogP contribution in [0.15, 0.2) is 30.3 Å². The van der Waals surface area contributed by atoms with Crippen molar-refractivity contribution in [2.24, 2.45) is 0 Å². The Labute approximate surface area is 99.4 Å². The molecule has 0 heterocycles. The molecule has 0 unspecified atom stereocenters. The van der Waals surface area contributed by atoms with Gasteiger partial charge in [0.25, 0.3) is 0 Å². The van der Waals surface area contributed by atoms with Gasteiger partial charge < -0.3 is 5.11 Å². The molecule has 10 heavy (non-hydrogen) atoms. The normalized spacial score (nSPS) is 6.00. The fourth-order valence-electron chi connectivity index (χ4n) is 0.428. The third-order valence-corrected chi connectivity index (χ3v) is 0.756. The van der Waals surface area contributed by atoms with Crippen molar-refractivity contribution in [3.8, 4) is 5.75 Å². The summed E-state index contributed by atoms with van der Waals surface area (Å²) in [4.78, 5) is 0. The second kappa shape index (κ2) is 9.83. The standard InChI is InChI=1S/C6H6O.ClH.Mn.Na.H/c7-6-4-2-1-3-5-6;;;;/h1-5,7H;1H;;;. The van der Waals surface area contributed by atoms with E-state index < -0.39 is 0 Å². The Hall–Kier alpha value is 0.829. The first-order chi connectivity index (χ1) is 3.39. The zero-order valence-electron chi connectivity index (χ0n) is 4.62. The van der Waals surface area contributed by atoms with E-state index in [4.69, 9.17) is 5.11 Å². The molecule has 1 aromatic rings. The number of hydrogen-bond acceptors (Lipinski definition) is 1. The molecule has 0 aliphatic heterocycles. The van der Waals surface area contributed by atoms with E-state index in [1.165, 1.54) is 0 Å². The van der Waals surface area contributed by atoms with E-state index >= 15 is 0 Å². The van der Waals surface area contributed by atoms with Crippen molar-refractivity contribution in [3.63, 3.8) is 0 Å². The average Bonchev–Trinajstić information content (AvgIpc) is 1.69. The van der Waals surface area contributed by atoms with Crippen LogP contribution < -0.4 is 0 Å². The van der Waals surface area contributed by atoms with Crippen LogP contribution in [0.3, 0.4) is 0 Å². The second-order valence-corrected chi connectivity index (χ2v) is 1.34. The zero-order valence-corrected chi connectivity index (χ0v) is 6.62. The molecule has 1 nitrogen and oxygen atoms in total. The predicted molar refractivity (Wildman–Crippen MR) is 42.5 cm³/mol. The van der Waals surface area contributed by atoms with E-state index in [1.807, 2.05) is 6.07 Å². The van der Waals surface area contributed by atoms with Crippen molar-refractivity contribution < 1.29 is 22.2 Å². The van der Waals surface area contributed by atoms with Crippen molar-refractivity contribution in [2.45, 2.75) is 0 Å². The quantitative estimate of drug-likeness (QED) is 0.636. The topological polar surface area (TPSA) is 20.2 Å². The van der Waals surface area contributed by atoms with Gasteiger partial charge in [-0.25, -0.2) is 0 Å². The van der Waals surface area contributed by atoms with Crippen molar-refractivity contribution in [3.05, 3.63) is 30.3 Å². The molecule has 0 atom stereocenters. The van der Waals surface area contributed by atoms with Crippen molar-refractivity contribution in [1.82, 2.24) is 0 Å². The number of para-hydroxylation sites is 1. The summed E-state index contributed by atoms with van der Waals surface area (Å²) in [5, 5.41) is 8.63. The molecule has 0 saturated heterocycles. The van der Waals surface area contributed by atoms with Gasteiger partial charge in [0.1, 0.15) is 5.75 Å². The van der Waals surface area contributed by atoms with Gasteiger partial charge in [-0.3, -0.25) is 0 Å². The molecule has 1 aromatic carbocycles. The molecule has 1 N–H and O–H groups in total. The Morgan fingerprint density at radius 2 is 1.40 bits per heavy atom. The number of benzene rings is 1. The van der Waals surface area contributed by atoms with Crippen molar-refractivity contribution in [2.75, 3.05) is 0 Å². The van der Waals surface area contributed by atoms with E-state index in [2.05, 4.69) is 0 Å². The number of phenolic OH excluding ortho intramolecular Hbond substituents is 1. The van der Waals surface area contributed by atoms with Gasteiger partial charge in [-0.15, -0.1) is 12.4 Å². The van der Waals surface area contributed by atoms with Crippen LogP contribution in [0.4, 0.5) is 0 Å². The summed E-state index contributed by atoms with van der Waals surface area (Å²) >= 11 is 0. The van der Waals surface area contributed by atoms with E-state index in [1.54, 1.807) is 24.3 Å². The van der Waals surface area contributed by atoms with Crippen LogP contribution >= 0.6 is 12.4 Å². The van der Waals surface area contributed by atoms with Gasteiger partial charge in [0.15, 0.2) is 0 Å². The first kappa shape index (κ1) is 17.1. The third kappa shape index (κ3) is 6.94. The predicted octanol–water partition coefficient (Wildman–Crippen LogP) is 1.16. The third-order valence-electron chi connectivity index (χ3n) is 0.756. The van der Waals surface area contributed by atoms with Crippen LogP contribution in [0.1, 0.15) is 0 Å². The summed E-state index contributed by atoms with van der Waals surface area (Å²) in [6.45, 7) is 0. The average molecular weight is 210 g/mol. The van der Waals surface area contributed by atoms with Crippen LogP contribution in [-0.2, 0) is 17.1 Å². The van der Waals surface area contributed by atoms with Crippen molar-refractivity contribution in [1.29, 1.82) is 0 Å². The zero-order chi connectivity index (χ0) is 5.11. The molecule has 0 saturated carbocycles. The summed E-state index contributed by atoms with van der Waals surface area (Å²) < 4.78 is 0. The minimum absolute atomic E-state index is 0. The summed E-state index contributed by atoms with van der Waals surface area (Å²) in [7, 11) is 0. The van der Waals surface area contributed by atoms with Gasteiger partial charge in [-0.2, -0.15) is 0 Å². The van der Waals surface area contributed by atoms with Crippen LogP contribution in [0.2, 0.25) is 0 Å². The van der Waals surface area contributed by atoms with Gasteiger partial charge >= 0.3 is 29.6 Å². The number of aromatic hydroxyl groups is 1.